The molecule has 6 nitrogen and oxygen atoms in total. The number of hydrogen-bond donors (Lipinski definition) is 2. The normalized spacial score (nSPS) is 11.6. The van der Waals surface area contributed by atoms with Crippen LogP contribution in [0.1, 0.15) is 15.9 Å². The summed E-state index contributed by atoms with van der Waals surface area (Å²) in [4.78, 5) is 11.1. The fourth-order valence-electron chi connectivity index (χ4n) is 2.12. The van der Waals surface area contributed by atoms with Gasteiger partial charge in [0.1, 0.15) is 30.3 Å². The zero-order chi connectivity index (χ0) is 20.0. The fourth-order valence-corrected chi connectivity index (χ4v) is 2.51. The molecule has 0 atom stereocenters. The molecule has 27 heavy (non-hydrogen) atoms. The van der Waals surface area contributed by atoms with Crippen LogP contribution in [0.2, 0.25) is 0 Å². The molecule has 0 unspecified atom stereocenters. The van der Waals surface area contributed by atoms with E-state index in [1.165, 1.54) is 0 Å². The number of ether oxygens (including phenoxy) is 3. The van der Waals surface area contributed by atoms with Crippen molar-refractivity contribution in [2.45, 2.75) is 0 Å². The summed E-state index contributed by atoms with van der Waals surface area (Å²) in [5.41, 5.74) is 11.2. The van der Waals surface area contributed by atoms with E-state index in [1.807, 2.05) is 0 Å². The third kappa shape index (κ3) is 5.10. The molecule has 0 aliphatic heterocycles. The van der Waals surface area contributed by atoms with E-state index in [-0.39, 0.29) is 23.6 Å². The number of methoxy groups -OCH3 is 1. The van der Waals surface area contributed by atoms with Gasteiger partial charge in [-0.25, -0.2) is 8.78 Å². The Morgan fingerprint density at radius 1 is 1.07 bits per heavy atom. The van der Waals surface area contributed by atoms with E-state index in [0.717, 1.165) is 12.1 Å². The van der Waals surface area contributed by atoms with Crippen LogP contribution in [0, 0.1) is 11.6 Å². The number of benzene rings is 2. The van der Waals surface area contributed by atoms with Crippen molar-refractivity contribution in [1.82, 2.24) is 0 Å². The van der Waals surface area contributed by atoms with E-state index in [1.54, 1.807) is 31.4 Å². The van der Waals surface area contributed by atoms with Crippen molar-refractivity contribution >= 4 is 27.5 Å². The molecule has 1 amide bonds. The second kappa shape index (κ2) is 9.22. The lowest BCUT2D eigenvalue weighted by atomic mass is 10.1. The number of amides is 1. The monoisotopic (exact) mass is 442 g/mol. The topological polar surface area (TPSA) is 96.8 Å². The Kier molecular flexibility index (Phi) is 7.00. The largest absolute Gasteiger partial charge is 0.497 e. The highest BCUT2D eigenvalue weighted by atomic mass is 79.9. The van der Waals surface area contributed by atoms with Crippen LogP contribution in [0.3, 0.4) is 0 Å². The highest BCUT2D eigenvalue weighted by molar-refractivity contribution is 9.11. The van der Waals surface area contributed by atoms with Crippen LogP contribution in [0.4, 0.5) is 8.78 Å². The van der Waals surface area contributed by atoms with Crippen molar-refractivity contribution in [3.8, 4) is 11.5 Å². The number of nitrogens with two attached hydrogens (primary N) is 2. The van der Waals surface area contributed by atoms with Gasteiger partial charge in [0.05, 0.1) is 12.8 Å². The maximum Gasteiger partial charge on any atom is 0.254 e. The maximum absolute atomic E-state index is 14.0. The van der Waals surface area contributed by atoms with Gasteiger partial charge in [0.15, 0.2) is 16.2 Å². The molecule has 0 aromatic heterocycles. The standard InChI is InChI=1S/C18H17BrF2N2O4/c1-25-11-4-2-10(3-5-11)16(22)17(19)27-9-8-26-13-7-6-12(20)14(15(13)21)18(23)24/h2-7H,8-9,22H2,1H3,(H2,23,24)/b17-16-. The number of primary amides is 1. The fraction of sp³-hybridized carbons (Fsp3) is 0.167. The molecule has 0 saturated carbocycles. The zero-order valence-corrected chi connectivity index (χ0v) is 15.9. The van der Waals surface area contributed by atoms with Crippen LogP contribution in [0.25, 0.3) is 5.70 Å². The van der Waals surface area contributed by atoms with E-state index in [2.05, 4.69) is 15.9 Å². The Morgan fingerprint density at radius 3 is 2.33 bits per heavy atom. The van der Waals surface area contributed by atoms with Crippen LogP contribution < -0.4 is 20.9 Å². The second-order valence-corrected chi connectivity index (χ2v) is 5.93. The number of halogens is 3. The van der Waals surface area contributed by atoms with Gasteiger partial charge in [0.25, 0.3) is 5.91 Å². The molecule has 0 saturated heterocycles. The minimum Gasteiger partial charge on any atom is -0.497 e. The molecule has 9 heteroatoms. The maximum atomic E-state index is 14.0. The minimum absolute atomic E-state index is 0.0140. The summed E-state index contributed by atoms with van der Waals surface area (Å²) < 4.78 is 43.4. The summed E-state index contributed by atoms with van der Waals surface area (Å²) in [5, 5.41) is 0. The lowest BCUT2D eigenvalue weighted by molar-refractivity contribution is 0.0990. The second-order valence-electron chi connectivity index (χ2n) is 5.21. The van der Waals surface area contributed by atoms with Gasteiger partial charge in [0, 0.05) is 5.56 Å². The van der Waals surface area contributed by atoms with Gasteiger partial charge in [-0.3, -0.25) is 4.79 Å². The first-order valence-corrected chi connectivity index (χ1v) is 8.47. The highest BCUT2D eigenvalue weighted by Crippen LogP contribution is 2.24. The minimum atomic E-state index is -1.22. The number of hydrogen-bond acceptors (Lipinski definition) is 5. The molecule has 2 rings (SSSR count). The lowest BCUT2D eigenvalue weighted by Crippen LogP contribution is -2.17. The average Bonchev–Trinajstić information content (AvgIpc) is 2.65. The van der Waals surface area contributed by atoms with Crippen molar-refractivity contribution in [3.63, 3.8) is 0 Å². The van der Waals surface area contributed by atoms with Gasteiger partial charge in [-0.2, -0.15) is 0 Å². The zero-order valence-electron chi connectivity index (χ0n) is 14.3. The summed E-state index contributed by atoms with van der Waals surface area (Å²) >= 11 is 3.22. The Labute approximate surface area is 162 Å². The molecule has 144 valence electrons. The summed E-state index contributed by atoms with van der Waals surface area (Å²) in [7, 11) is 1.56. The van der Waals surface area contributed by atoms with Gasteiger partial charge in [-0.15, -0.1) is 0 Å². The van der Waals surface area contributed by atoms with E-state index < -0.39 is 23.1 Å². The highest BCUT2D eigenvalue weighted by Gasteiger charge is 2.19. The predicted molar refractivity (Wildman–Crippen MR) is 99.4 cm³/mol. The van der Waals surface area contributed by atoms with Crippen LogP contribution in [0.15, 0.2) is 41.1 Å². The first-order chi connectivity index (χ1) is 12.8. The Morgan fingerprint density at radius 2 is 1.74 bits per heavy atom. The van der Waals surface area contributed by atoms with Crippen molar-refractivity contribution in [1.29, 1.82) is 0 Å². The Hall–Kier alpha value is -2.81. The van der Waals surface area contributed by atoms with Gasteiger partial charge < -0.3 is 25.7 Å². The molecule has 0 heterocycles. The van der Waals surface area contributed by atoms with Gasteiger partial charge in [-0.05, 0) is 52.3 Å². The number of carbonyl (C=O) groups is 1. The summed E-state index contributed by atoms with van der Waals surface area (Å²) in [6, 6.07) is 8.98. The molecule has 2 aromatic carbocycles. The SMILES string of the molecule is COc1ccc(/C(N)=C(\Br)OCCOc2ccc(F)c(C(N)=O)c2F)cc1. The third-order valence-electron chi connectivity index (χ3n) is 3.48. The Balaban J connectivity index is 1.96. The van der Waals surface area contributed by atoms with Gasteiger partial charge in [0.2, 0.25) is 0 Å². The van der Waals surface area contributed by atoms with Crippen LogP contribution in [-0.4, -0.2) is 26.2 Å². The molecule has 0 spiro atoms. The predicted octanol–water partition coefficient (Wildman–Crippen LogP) is 3.15. The smallest absolute Gasteiger partial charge is 0.254 e. The van der Waals surface area contributed by atoms with Gasteiger partial charge >= 0.3 is 0 Å². The van der Waals surface area contributed by atoms with E-state index in [0.29, 0.717) is 17.0 Å². The Bertz CT molecular complexity index is 857. The van der Waals surface area contributed by atoms with Crippen LogP contribution in [0.5, 0.6) is 11.5 Å². The quantitative estimate of drug-likeness (QED) is 0.483. The molecular weight excluding hydrogens is 426 g/mol. The van der Waals surface area contributed by atoms with Crippen LogP contribution >= 0.6 is 15.9 Å². The summed E-state index contributed by atoms with van der Waals surface area (Å²) in [6.07, 6.45) is 0. The first-order valence-electron chi connectivity index (χ1n) is 7.68. The first kappa shape index (κ1) is 20.5. The van der Waals surface area contributed by atoms with E-state index in [4.69, 9.17) is 25.7 Å². The molecule has 0 radical (unpaired) electrons. The molecule has 0 aliphatic rings. The molecular formula is C18H17BrF2N2O4. The number of rotatable bonds is 8. The molecule has 0 aliphatic carbocycles. The van der Waals surface area contributed by atoms with Crippen molar-refractivity contribution in [2.75, 3.05) is 20.3 Å². The average molecular weight is 443 g/mol. The van der Waals surface area contributed by atoms with E-state index in [9.17, 15) is 13.6 Å². The third-order valence-corrected chi connectivity index (χ3v) is 4.14. The lowest BCUT2D eigenvalue weighted by Gasteiger charge is -2.12. The summed E-state index contributed by atoms with van der Waals surface area (Å²) in [6.45, 7) is -0.0636. The van der Waals surface area contributed by atoms with Crippen molar-refractivity contribution < 1.29 is 27.8 Å². The molecule has 0 bridgehead atoms. The number of carbonyl (C=O) groups excluding carboxylic acids is 1. The van der Waals surface area contributed by atoms with Crippen molar-refractivity contribution in [3.05, 3.63) is 63.8 Å². The molecule has 4 N–H and O–H groups in total. The molecule has 0 fully saturated rings. The molecule has 2 aromatic rings. The van der Waals surface area contributed by atoms with Gasteiger partial charge in [-0.1, -0.05) is 0 Å². The van der Waals surface area contributed by atoms with Crippen molar-refractivity contribution in [2.24, 2.45) is 11.5 Å². The summed E-state index contributed by atoms with van der Waals surface area (Å²) in [5.74, 6) is -3.05. The van der Waals surface area contributed by atoms with Crippen LogP contribution in [-0.2, 0) is 4.74 Å². The van der Waals surface area contributed by atoms with E-state index >= 15 is 0 Å².